The molecule has 0 fully saturated rings. The third-order valence-corrected chi connectivity index (χ3v) is 2.47. The minimum Gasteiger partial charge on any atom is -0.506 e. The minimum atomic E-state index is -0.178. The normalized spacial score (nSPS) is 9.92. The van der Waals surface area contributed by atoms with Gasteiger partial charge < -0.3 is 5.11 Å². The maximum atomic E-state index is 11.0. The van der Waals surface area contributed by atoms with Crippen LogP contribution in [0.4, 0.5) is 0 Å². The van der Waals surface area contributed by atoms with Gasteiger partial charge in [-0.2, -0.15) is 0 Å². The van der Waals surface area contributed by atoms with Crippen molar-refractivity contribution in [2.75, 3.05) is 0 Å². The predicted octanol–water partition coefficient (Wildman–Crippen LogP) is 3.01. The summed E-state index contributed by atoms with van der Waals surface area (Å²) in [5.41, 5.74) is 0.316. The third-order valence-electron chi connectivity index (χ3n) is 1.42. The van der Waals surface area contributed by atoms with E-state index in [1.807, 2.05) is 0 Å². The van der Waals surface area contributed by atoms with Crippen molar-refractivity contribution < 1.29 is 9.90 Å². The molecule has 0 heterocycles. The second-order valence-corrected chi connectivity index (χ2v) is 3.54. The molecule has 0 saturated carbocycles. The van der Waals surface area contributed by atoms with Gasteiger partial charge in [0.2, 0.25) is 0 Å². The van der Waals surface area contributed by atoms with Crippen LogP contribution in [0.25, 0.3) is 0 Å². The topological polar surface area (TPSA) is 37.3 Å². The van der Waals surface area contributed by atoms with Crippen molar-refractivity contribution in [2.24, 2.45) is 0 Å². The number of Topliss-reactive ketones (excluding diaryl/α,β-unsaturated/α-hetero) is 1. The predicted molar refractivity (Wildman–Crippen MR) is 50.8 cm³/mol. The number of carbonyl (C=O) groups is 1. The lowest BCUT2D eigenvalue weighted by Gasteiger charge is -2.04. The largest absolute Gasteiger partial charge is 0.506 e. The van der Waals surface area contributed by atoms with Crippen molar-refractivity contribution in [1.29, 1.82) is 0 Å². The fourth-order valence-corrected chi connectivity index (χ4v) is 1.89. The van der Waals surface area contributed by atoms with Crippen molar-refractivity contribution >= 4 is 33.3 Å². The molecule has 0 unspecified atom stereocenters. The fourth-order valence-electron chi connectivity index (χ4n) is 0.864. The van der Waals surface area contributed by atoms with E-state index in [0.29, 0.717) is 10.0 Å². The maximum Gasteiger partial charge on any atom is 0.162 e. The van der Waals surface area contributed by atoms with E-state index in [1.165, 1.54) is 13.0 Å². The fraction of sp³-hybridized carbons (Fsp3) is 0.125. The maximum absolute atomic E-state index is 11.0. The zero-order chi connectivity index (χ0) is 9.30. The highest BCUT2D eigenvalue weighted by molar-refractivity contribution is 9.10. The van der Waals surface area contributed by atoms with Gasteiger partial charge in [0.25, 0.3) is 0 Å². The minimum absolute atomic E-state index is 0.0786. The number of hydrogen-bond acceptors (Lipinski definition) is 2. The monoisotopic (exact) mass is 248 g/mol. The summed E-state index contributed by atoms with van der Waals surface area (Å²) < 4.78 is 0.595. The lowest BCUT2D eigenvalue weighted by Crippen LogP contribution is -1.94. The summed E-state index contributed by atoms with van der Waals surface area (Å²) in [7, 11) is 0. The molecular formula is C8H6BrClO2. The molecule has 1 N–H and O–H groups in total. The number of aromatic hydroxyl groups is 1. The Hall–Kier alpha value is -0.540. The molecule has 0 spiro atoms. The first kappa shape index (κ1) is 9.55. The molecule has 1 rings (SSSR count). The Morgan fingerprint density at radius 3 is 2.58 bits per heavy atom. The molecular weight excluding hydrogens is 243 g/mol. The van der Waals surface area contributed by atoms with Gasteiger partial charge in [-0.3, -0.25) is 4.79 Å². The average Bonchev–Trinajstić information content (AvgIpc) is 1.97. The Kier molecular flexibility index (Phi) is 2.75. The van der Waals surface area contributed by atoms with E-state index in [0.717, 1.165) is 0 Å². The van der Waals surface area contributed by atoms with Gasteiger partial charge in [-0.15, -0.1) is 0 Å². The molecule has 0 radical (unpaired) electrons. The highest BCUT2D eigenvalue weighted by Crippen LogP contribution is 2.32. The first-order valence-electron chi connectivity index (χ1n) is 3.22. The summed E-state index contributed by atoms with van der Waals surface area (Å²) in [5, 5.41) is 9.26. The van der Waals surface area contributed by atoms with Gasteiger partial charge in [0, 0.05) is 4.47 Å². The number of hydrogen-bond donors (Lipinski definition) is 1. The van der Waals surface area contributed by atoms with Gasteiger partial charge in [-0.1, -0.05) is 11.6 Å². The van der Waals surface area contributed by atoms with E-state index in [-0.39, 0.29) is 16.6 Å². The van der Waals surface area contributed by atoms with Gasteiger partial charge in [0.1, 0.15) is 5.75 Å². The summed E-state index contributed by atoms with van der Waals surface area (Å²) in [6, 6.07) is 3.01. The first-order chi connectivity index (χ1) is 5.54. The SMILES string of the molecule is CC(=O)c1c(Br)ccc(O)c1Cl. The van der Waals surface area contributed by atoms with Crippen LogP contribution in [0.2, 0.25) is 5.02 Å². The number of carbonyl (C=O) groups excluding carboxylic acids is 1. The van der Waals surface area contributed by atoms with Crippen LogP contribution in [0.1, 0.15) is 17.3 Å². The molecule has 0 bridgehead atoms. The van der Waals surface area contributed by atoms with Gasteiger partial charge in [0.15, 0.2) is 5.78 Å². The van der Waals surface area contributed by atoms with E-state index < -0.39 is 0 Å². The highest BCUT2D eigenvalue weighted by atomic mass is 79.9. The second kappa shape index (κ2) is 3.46. The van der Waals surface area contributed by atoms with Crippen LogP contribution >= 0.6 is 27.5 Å². The van der Waals surface area contributed by atoms with E-state index in [2.05, 4.69) is 15.9 Å². The Labute approximate surface area is 83.3 Å². The quantitative estimate of drug-likeness (QED) is 0.777. The second-order valence-electron chi connectivity index (χ2n) is 2.31. The molecule has 0 aliphatic carbocycles. The van der Waals surface area contributed by atoms with Crippen molar-refractivity contribution in [3.63, 3.8) is 0 Å². The molecule has 0 aromatic heterocycles. The zero-order valence-electron chi connectivity index (χ0n) is 6.27. The third kappa shape index (κ3) is 1.62. The van der Waals surface area contributed by atoms with Crippen LogP contribution < -0.4 is 0 Å². The number of rotatable bonds is 1. The van der Waals surface area contributed by atoms with Crippen LogP contribution in [-0.2, 0) is 0 Å². The molecule has 0 atom stereocenters. The van der Waals surface area contributed by atoms with E-state index in [9.17, 15) is 4.79 Å². The molecule has 1 aromatic carbocycles. The van der Waals surface area contributed by atoms with Gasteiger partial charge in [-0.05, 0) is 35.0 Å². The Balaban J connectivity index is 3.43. The summed E-state index contributed by atoms with van der Waals surface area (Å²) >= 11 is 8.86. The number of ketones is 1. The Morgan fingerprint density at radius 1 is 1.58 bits per heavy atom. The van der Waals surface area contributed by atoms with Crippen molar-refractivity contribution in [2.45, 2.75) is 6.92 Å². The summed E-state index contributed by atoms with van der Waals surface area (Å²) in [6.45, 7) is 1.39. The van der Waals surface area contributed by atoms with E-state index in [1.54, 1.807) is 6.07 Å². The Morgan fingerprint density at radius 2 is 2.17 bits per heavy atom. The van der Waals surface area contributed by atoms with Crippen LogP contribution in [-0.4, -0.2) is 10.9 Å². The average molecular weight is 249 g/mol. The van der Waals surface area contributed by atoms with E-state index >= 15 is 0 Å². The number of phenols is 1. The molecule has 64 valence electrons. The van der Waals surface area contributed by atoms with Gasteiger partial charge in [-0.25, -0.2) is 0 Å². The van der Waals surface area contributed by atoms with Crippen LogP contribution in [0.3, 0.4) is 0 Å². The van der Waals surface area contributed by atoms with Crippen molar-refractivity contribution in [3.8, 4) is 5.75 Å². The molecule has 2 nitrogen and oxygen atoms in total. The molecule has 12 heavy (non-hydrogen) atoms. The van der Waals surface area contributed by atoms with Gasteiger partial charge >= 0.3 is 0 Å². The van der Waals surface area contributed by atoms with Crippen LogP contribution in [0, 0.1) is 0 Å². The lowest BCUT2D eigenvalue weighted by molar-refractivity contribution is 0.101. The molecule has 0 aliphatic heterocycles. The zero-order valence-corrected chi connectivity index (χ0v) is 8.61. The smallest absolute Gasteiger partial charge is 0.162 e. The molecule has 0 aliphatic rings. The van der Waals surface area contributed by atoms with Crippen molar-refractivity contribution in [1.82, 2.24) is 0 Å². The first-order valence-corrected chi connectivity index (χ1v) is 4.39. The standard InChI is InChI=1S/C8H6BrClO2/c1-4(11)7-5(9)2-3-6(12)8(7)10/h2-3,12H,1H3. The number of halogens is 2. The summed E-state index contributed by atoms with van der Waals surface area (Å²) in [6.07, 6.45) is 0. The number of benzene rings is 1. The van der Waals surface area contributed by atoms with Crippen molar-refractivity contribution in [3.05, 3.63) is 27.2 Å². The molecule has 0 saturated heterocycles. The number of phenolic OH excluding ortho intramolecular Hbond substituents is 1. The van der Waals surface area contributed by atoms with Gasteiger partial charge in [0.05, 0.1) is 10.6 Å². The summed E-state index contributed by atoms with van der Waals surface area (Å²) in [4.78, 5) is 11.0. The van der Waals surface area contributed by atoms with Crippen LogP contribution in [0.5, 0.6) is 5.75 Å². The molecule has 1 aromatic rings. The Bertz CT molecular complexity index is 336. The van der Waals surface area contributed by atoms with E-state index in [4.69, 9.17) is 16.7 Å². The highest BCUT2D eigenvalue weighted by Gasteiger charge is 2.12. The lowest BCUT2D eigenvalue weighted by atomic mass is 10.1. The molecule has 0 amide bonds. The molecule has 4 heteroatoms. The summed E-state index contributed by atoms with van der Waals surface area (Å²) in [5.74, 6) is -0.257. The van der Waals surface area contributed by atoms with Crippen LogP contribution in [0.15, 0.2) is 16.6 Å².